The third-order valence-electron chi connectivity index (χ3n) is 1.65. The average molecular weight is 184 g/mol. The maximum atomic E-state index is 10.9. The van der Waals surface area contributed by atoms with E-state index in [0.717, 1.165) is 0 Å². The van der Waals surface area contributed by atoms with E-state index in [1.807, 2.05) is 0 Å². The summed E-state index contributed by atoms with van der Waals surface area (Å²) in [7, 11) is 0. The number of esters is 1. The highest BCUT2D eigenvalue weighted by molar-refractivity contribution is 5.68. The summed E-state index contributed by atoms with van der Waals surface area (Å²) >= 11 is 0. The van der Waals surface area contributed by atoms with Crippen LogP contribution in [0, 0.1) is 0 Å². The molecule has 0 aliphatic rings. The molecule has 1 aromatic rings. The van der Waals surface area contributed by atoms with Crippen LogP contribution in [0.4, 0.5) is 0 Å². The molecule has 0 unspecified atom stereocenters. The third kappa shape index (κ3) is 2.77. The predicted octanol–water partition coefficient (Wildman–Crippen LogP) is 0.199. The average Bonchev–Trinajstić information content (AvgIpc) is 2.52. The fraction of sp³-hybridized carbons (Fsp3) is 0.500. The van der Waals surface area contributed by atoms with Crippen molar-refractivity contribution >= 4 is 5.97 Å². The molecule has 0 radical (unpaired) electrons. The fourth-order valence-corrected chi connectivity index (χ4v) is 0.897. The van der Waals surface area contributed by atoms with E-state index in [0.29, 0.717) is 18.4 Å². The topological polar surface area (TPSA) is 75.0 Å². The highest BCUT2D eigenvalue weighted by atomic mass is 16.5. The standard InChI is InChI=1S/C8H12N2O3/c1-2-7(11)13-4-3-6-5-9-10-8(6)12/h5H,2-4H2,1H3,(H2,9,10,12). The van der Waals surface area contributed by atoms with E-state index in [1.54, 1.807) is 13.1 Å². The molecule has 0 aliphatic carbocycles. The van der Waals surface area contributed by atoms with Gasteiger partial charge in [-0.25, -0.2) is 0 Å². The van der Waals surface area contributed by atoms with Gasteiger partial charge in [0.25, 0.3) is 5.56 Å². The summed E-state index contributed by atoms with van der Waals surface area (Å²) in [5.41, 5.74) is 0.441. The predicted molar refractivity (Wildman–Crippen MR) is 46.4 cm³/mol. The zero-order valence-corrected chi connectivity index (χ0v) is 7.42. The number of aromatic amines is 2. The Balaban J connectivity index is 2.32. The molecule has 0 spiro atoms. The van der Waals surface area contributed by atoms with E-state index in [2.05, 4.69) is 10.2 Å². The van der Waals surface area contributed by atoms with E-state index in [1.165, 1.54) is 0 Å². The Morgan fingerprint density at radius 3 is 2.92 bits per heavy atom. The SMILES string of the molecule is CCC(=O)OCCc1c[nH][nH]c1=O. The van der Waals surface area contributed by atoms with Crippen molar-refractivity contribution in [1.29, 1.82) is 0 Å². The van der Waals surface area contributed by atoms with Crippen molar-refractivity contribution in [3.8, 4) is 0 Å². The summed E-state index contributed by atoms with van der Waals surface area (Å²) < 4.78 is 4.81. The van der Waals surface area contributed by atoms with Crippen molar-refractivity contribution in [3.63, 3.8) is 0 Å². The van der Waals surface area contributed by atoms with Gasteiger partial charge in [0.05, 0.1) is 6.61 Å². The summed E-state index contributed by atoms with van der Waals surface area (Å²) in [5, 5.41) is 4.97. The van der Waals surface area contributed by atoms with E-state index in [9.17, 15) is 9.59 Å². The second-order valence-corrected chi connectivity index (χ2v) is 2.59. The van der Waals surface area contributed by atoms with Gasteiger partial charge in [0.2, 0.25) is 0 Å². The van der Waals surface area contributed by atoms with Gasteiger partial charge < -0.3 is 9.84 Å². The number of nitrogens with one attached hydrogen (secondary N) is 2. The van der Waals surface area contributed by atoms with Crippen molar-refractivity contribution in [2.45, 2.75) is 19.8 Å². The Morgan fingerprint density at radius 2 is 2.38 bits per heavy atom. The molecule has 5 heteroatoms. The Morgan fingerprint density at radius 1 is 1.62 bits per heavy atom. The van der Waals surface area contributed by atoms with E-state index < -0.39 is 0 Å². The molecule has 1 rings (SSSR count). The van der Waals surface area contributed by atoms with Gasteiger partial charge in [0.15, 0.2) is 0 Å². The van der Waals surface area contributed by atoms with Crippen LogP contribution in [0.1, 0.15) is 18.9 Å². The smallest absolute Gasteiger partial charge is 0.305 e. The lowest BCUT2D eigenvalue weighted by atomic mass is 10.3. The lowest BCUT2D eigenvalue weighted by molar-refractivity contribution is -0.143. The van der Waals surface area contributed by atoms with Gasteiger partial charge in [0.1, 0.15) is 0 Å². The van der Waals surface area contributed by atoms with Crippen LogP contribution in [0.2, 0.25) is 0 Å². The van der Waals surface area contributed by atoms with E-state index in [4.69, 9.17) is 4.74 Å². The number of ether oxygens (including phenoxy) is 1. The number of carbonyl (C=O) groups excluding carboxylic acids is 1. The van der Waals surface area contributed by atoms with Gasteiger partial charge in [-0.1, -0.05) is 6.92 Å². The molecule has 0 bridgehead atoms. The highest BCUT2D eigenvalue weighted by Crippen LogP contribution is 1.91. The molecule has 1 heterocycles. The Hall–Kier alpha value is -1.52. The quantitative estimate of drug-likeness (QED) is 0.656. The first kappa shape index (κ1) is 9.57. The molecule has 0 amide bonds. The summed E-state index contributed by atoms with van der Waals surface area (Å²) in [6, 6.07) is 0. The van der Waals surface area contributed by atoms with Crippen LogP contribution in [0.25, 0.3) is 0 Å². The van der Waals surface area contributed by atoms with Gasteiger partial charge >= 0.3 is 5.97 Å². The van der Waals surface area contributed by atoms with Crippen molar-refractivity contribution < 1.29 is 9.53 Å². The van der Waals surface area contributed by atoms with Gasteiger partial charge in [-0.2, -0.15) is 0 Å². The van der Waals surface area contributed by atoms with Gasteiger partial charge in [-0.05, 0) is 0 Å². The van der Waals surface area contributed by atoms with Crippen molar-refractivity contribution in [1.82, 2.24) is 10.2 Å². The molecule has 5 nitrogen and oxygen atoms in total. The summed E-state index contributed by atoms with van der Waals surface area (Å²) in [6.07, 6.45) is 2.39. The molecule has 2 N–H and O–H groups in total. The minimum atomic E-state index is -0.244. The Kier molecular flexibility index (Phi) is 3.31. The maximum absolute atomic E-state index is 10.9. The summed E-state index contributed by atoms with van der Waals surface area (Å²) in [4.78, 5) is 21.6. The third-order valence-corrected chi connectivity index (χ3v) is 1.65. The lowest BCUT2D eigenvalue weighted by Crippen LogP contribution is -2.11. The summed E-state index contributed by atoms with van der Waals surface area (Å²) in [6.45, 7) is 1.99. The zero-order chi connectivity index (χ0) is 9.68. The number of H-pyrrole nitrogens is 2. The Labute approximate surface area is 75.1 Å². The van der Waals surface area contributed by atoms with Crippen LogP contribution in [-0.2, 0) is 16.0 Å². The molecule has 0 atom stereocenters. The molecular formula is C8H12N2O3. The monoisotopic (exact) mass is 184 g/mol. The first-order valence-electron chi connectivity index (χ1n) is 4.14. The zero-order valence-electron chi connectivity index (χ0n) is 7.42. The van der Waals surface area contributed by atoms with Gasteiger partial charge in [-0.15, -0.1) is 0 Å². The maximum Gasteiger partial charge on any atom is 0.305 e. The van der Waals surface area contributed by atoms with Crippen molar-refractivity contribution in [2.75, 3.05) is 6.61 Å². The number of hydrogen-bond donors (Lipinski definition) is 2. The minimum absolute atomic E-state index is 0.160. The second-order valence-electron chi connectivity index (χ2n) is 2.59. The fourth-order valence-electron chi connectivity index (χ4n) is 0.897. The van der Waals surface area contributed by atoms with Crippen molar-refractivity contribution in [2.24, 2.45) is 0 Å². The lowest BCUT2D eigenvalue weighted by Gasteiger charge is -1.99. The molecule has 0 fully saturated rings. The number of hydrogen-bond acceptors (Lipinski definition) is 3. The largest absolute Gasteiger partial charge is 0.465 e. The van der Waals surface area contributed by atoms with Crippen LogP contribution >= 0.6 is 0 Å². The van der Waals surface area contributed by atoms with Crippen LogP contribution in [0.5, 0.6) is 0 Å². The first-order valence-corrected chi connectivity index (χ1v) is 4.14. The van der Waals surface area contributed by atoms with E-state index in [-0.39, 0.29) is 18.1 Å². The number of rotatable bonds is 4. The van der Waals surface area contributed by atoms with Crippen LogP contribution < -0.4 is 5.56 Å². The molecular weight excluding hydrogens is 172 g/mol. The highest BCUT2D eigenvalue weighted by Gasteiger charge is 2.02. The van der Waals surface area contributed by atoms with Crippen LogP contribution in [0.15, 0.2) is 11.0 Å². The molecule has 0 saturated heterocycles. The minimum Gasteiger partial charge on any atom is -0.465 e. The normalized spacial score (nSPS) is 9.92. The van der Waals surface area contributed by atoms with Gasteiger partial charge in [0, 0.05) is 24.6 Å². The van der Waals surface area contributed by atoms with Crippen molar-refractivity contribution in [3.05, 3.63) is 22.1 Å². The molecule has 72 valence electrons. The van der Waals surface area contributed by atoms with Crippen LogP contribution in [-0.4, -0.2) is 22.8 Å². The first-order chi connectivity index (χ1) is 6.24. The number of aromatic nitrogens is 2. The van der Waals surface area contributed by atoms with Gasteiger partial charge in [-0.3, -0.25) is 14.7 Å². The molecule has 0 saturated carbocycles. The molecule has 1 aromatic heterocycles. The van der Waals surface area contributed by atoms with Crippen LogP contribution in [0.3, 0.4) is 0 Å². The Bertz CT molecular complexity index is 326. The second kappa shape index (κ2) is 4.49. The molecule has 0 aromatic carbocycles. The van der Waals surface area contributed by atoms with E-state index >= 15 is 0 Å². The summed E-state index contributed by atoms with van der Waals surface area (Å²) in [5.74, 6) is -0.244. The molecule has 13 heavy (non-hydrogen) atoms. The molecule has 0 aliphatic heterocycles. The number of carbonyl (C=O) groups is 1.